The van der Waals surface area contributed by atoms with Crippen LogP contribution >= 0.6 is 0 Å². The second-order valence-corrected chi connectivity index (χ2v) is 8.31. The molecule has 0 radical (unpaired) electrons. The first kappa shape index (κ1) is 21.2. The zero-order valence-electron chi connectivity index (χ0n) is 15.4. The lowest BCUT2D eigenvalue weighted by atomic mass is 10.1. The van der Waals surface area contributed by atoms with Gasteiger partial charge in [-0.2, -0.15) is 8.42 Å². The lowest BCUT2D eigenvalue weighted by Gasteiger charge is -2.22. The fraction of sp³-hybridized carbons (Fsp3) is 0.588. The van der Waals surface area contributed by atoms with Gasteiger partial charge in [-0.15, -0.1) is 0 Å². The van der Waals surface area contributed by atoms with Gasteiger partial charge in [-0.3, -0.25) is 4.18 Å². The highest BCUT2D eigenvalue weighted by molar-refractivity contribution is 7.85. The third-order valence-corrected chi connectivity index (χ3v) is 3.54. The van der Waals surface area contributed by atoms with E-state index in [4.69, 9.17) is 9.47 Å². The molecule has 0 heterocycles. The van der Waals surface area contributed by atoms with Crippen molar-refractivity contribution in [2.75, 3.05) is 19.5 Å². The smallest absolute Gasteiger partial charge is 0.408 e. The van der Waals surface area contributed by atoms with Crippen molar-refractivity contribution >= 4 is 16.2 Å². The highest BCUT2D eigenvalue weighted by Crippen LogP contribution is 2.20. The van der Waals surface area contributed by atoms with Gasteiger partial charge in [-0.1, -0.05) is 12.1 Å². The highest BCUT2D eigenvalue weighted by Gasteiger charge is 2.18. The molecule has 0 aliphatic carbocycles. The molecule has 1 N–H and O–H groups in total. The molecule has 1 aromatic rings. The molecule has 0 saturated heterocycles. The van der Waals surface area contributed by atoms with Gasteiger partial charge in [0.05, 0.1) is 25.5 Å². The predicted octanol–water partition coefficient (Wildman–Crippen LogP) is 3.02. The van der Waals surface area contributed by atoms with E-state index < -0.39 is 21.8 Å². The number of benzene rings is 1. The molecular weight excluding hydrogens is 346 g/mol. The minimum absolute atomic E-state index is 0.0785. The average Bonchev–Trinajstić information content (AvgIpc) is 2.44. The SMILES string of the molecule is C[C@@H](NC(=O)OC(C)(C)C)c1cccc(OCCCOS(C)(=O)=O)c1. The molecule has 1 atom stereocenters. The number of hydrogen-bond donors (Lipinski definition) is 1. The van der Waals surface area contributed by atoms with E-state index in [0.29, 0.717) is 18.8 Å². The number of alkyl carbamates (subject to hydrolysis) is 1. The van der Waals surface area contributed by atoms with Gasteiger partial charge in [0.25, 0.3) is 10.1 Å². The first-order chi connectivity index (χ1) is 11.5. The Labute approximate surface area is 149 Å². The first-order valence-electron chi connectivity index (χ1n) is 8.03. The van der Waals surface area contributed by atoms with Crippen LogP contribution in [0, 0.1) is 0 Å². The Hall–Kier alpha value is -1.80. The van der Waals surface area contributed by atoms with Crippen molar-refractivity contribution in [3.8, 4) is 5.75 Å². The summed E-state index contributed by atoms with van der Waals surface area (Å²) in [4.78, 5) is 11.8. The fourth-order valence-corrected chi connectivity index (χ4v) is 2.32. The largest absolute Gasteiger partial charge is 0.493 e. The van der Waals surface area contributed by atoms with E-state index in [-0.39, 0.29) is 12.6 Å². The van der Waals surface area contributed by atoms with Crippen molar-refractivity contribution in [1.29, 1.82) is 0 Å². The summed E-state index contributed by atoms with van der Waals surface area (Å²) in [6.07, 6.45) is 0.976. The van der Waals surface area contributed by atoms with Gasteiger partial charge in [-0.05, 0) is 45.4 Å². The minimum atomic E-state index is -3.42. The van der Waals surface area contributed by atoms with Crippen LogP contribution in [-0.4, -0.2) is 39.6 Å². The molecule has 0 spiro atoms. The maximum atomic E-state index is 11.8. The lowest BCUT2D eigenvalue weighted by Crippen LogP contribution is -2.34. The van der Waals surface area contributed by atoms with Gasteiger partial charge in [-0.25, -0.2) is 4.79 Å². The number of amides is 1. The first-order valence-corrected chi connectivity index (χ1v) is 9.84. The van der Waals surface area contributed by atoms with Crippen LogP contribution in [0.5, 0.6) is 5.75 Å². The summed E-state index contributed by atoms with van der Waals surface area (Å²) in [6, 6.07) is 7.07. The molecule has 0 aromatic heterocycles. The Kier molecular flexibility index (Phi) is 7.69. The number of ether oxygens (including phenoxy) is 2. The second kappa shape index (κ2) is 9.05. The topological polar surface area (TPSA) is 90.9 Å². The molecule has 142 valence electrons. The Bertz CT molecular complexity index is 666. The number of nitrogens with one attached hydrogen (secondary N) is 1. The van der Waals surface area contributed by atoms with Crippen molar-refractivity contribution in [2.24, 2.45) is 0 Å². The van der Waals surface area contributed by atoms with Gasteiger partial charge in [0.1, 0.15) is 11.4 Å². The van der Waals surface area contributed by atoms with E-state index in [1.807, 2.05) is 25.1 Å². The van der Waals surface area contributed by atoms with E-state index in [2.05, 4.69) is 9.50 Å². The van der Waals surface area contributed by atoms with Gasteiger partial charge in [0.15, 0.2) is 0 Å². The summed E-state index contributed by atoms with van der Waals surface area (Å²) < 4.78 is 37.2. The van der Waals surface area contributed by atoms with Crippen LogP contribution in [0.25, 0.3) is 0 Å². The van der Waals surface area contributed by atoms with Gasteiger partial charge < -0.3 is 14.8 Å². The molecule has 1 aromatic carbocycles. The van der Waals surface area contributed by atoms with Crippen LogP contribution in [-0.2, 0) is 19.0 Å². The van der Waals surface area contributed by atoms with Crippen LogP contribution in [0.2, 0.25) is 0 Å². The van der Waals surface area contributed by atoms with Gasteiger partial charge >= 0.3 is 6.09 Å². The molecule has 1 rings (SSSR count). The molecular formula is C17H27NO6S. The van der Waals surface area contributed by atoms with Crippen molar-refractivity contribution in [3.05, 3.63) is 29.8 Å². The minimum Gasteiger partial charge on any atom is -0.493 e. The van der Waals surface area contributed by atoms with Crippen LogP contribution in [0.1, 0.15) is 45.7 Å². The zero-order chi connectivity index (χ0) is 19.1. The number of carbonyl (C=O) groups is 1. The Morgan fingerprint density at radius 3 is 2.52 bits per heavy atom. The molecule has 7 nitrogen and oxygen atoms in total. The Morgan fingerprint density at radius 1 is 1.24 bits per heavy atom. The third kappa shape index (κ3) is 9.93. The molecule has 0 aliphatic heterocycles. The number of carbonyl (C=O) groups excluding carboxylic acids is 1. The van der Waals surface area contributed by atoms with Crippen LogP contribution < -0.4 is 10.1 Å². The zero-order valence-corrected chi connectivity index (χ0v) is 16.2. The molecule has 0 unspecified atom stereocenters. The Balaban J connectivity index is 2.49. The van der Waals surface area contributed by atoms with Crippen molar-refractivity contribution in [3.63, 3.8) is 0 Å². The summed E-state index contributed by atoms with van der Waals surface area (Å²) in [5, 5.41) is 2.77. The van der Waals surface area contributed by atoms with Crippen molar-refractivity contribution < 1.29 is 26.9 Å². The summed E-state index contributed by atoms with van der Waals surface area (Å²) in [5.41, 5.74) is 0.318. The lowest BCUT2D eigenvalue weighted by molar-refractivity contribution is 0.0507. The van der Waals surface area contributed by atoms with E-state index in [1.54, 1.807) is 26.8 Å². The van der Waals surface area contributed by atoms with Crippen molar-refractivity contribution in [2.45, 2.75) is 45.8 Å². The molecule has 0 fully saturated rings. The monoisotopic (exact) mass is 373 g/mol. The summed E-state index contributed by atoms with van der Waals surface area (Å²) in [6.45, 7) is 7.67. The molecule has 0 saturated carbocycles. The normalized spacial score (nSPS) is 13.2. The number of rotatable bonds is 8. The molecule has 25 heavy (non-hydrogen) atoms. The molecule has 1 amide bonds. The Morgan fingerprint density at radius 2 is 1.92 bits per heavy atom. The van der Waals surface area contributed by atoms with E-state index in [1.165, 1.54) is 0 Å². The van der Waals surface area contributed by atoms with E-state index >= 15 is 0 Å². The predicted molar refractivity (Wildman–Crippen MR) is 95.1 cm³/mol. The summed E-state index contributed by atoms with van der Waals surface area (Å²) in [5.74, 6) is 0.634. The van der Waals surface area contributed by atoms with Crippen LogP contribution in [0.3, 0.4) is 0 Å². The highest BCUT2D eigenvalue weighted by atomic mass is 32.2. The third-order valence-electron chi connectivity index (χ3n) is 2.95. The summed E-state index contributed by atoms with van der Waals surface area (Å²) >= 11 is 0. The maximum Gasteiger partial charge on any atom is 0.408 e. The quantitative estimate of drug-likeness (QED) is 0.556. The van der Waals surface area contributed by atoms with Gasteiger partial charge in [0, 0.05) is 6.42 Å². The molecule has 0 aliphatic rings. The second-order valence-electron chi connectivity index (χ2n) is 6.67. The maximum absolute atomic E-state index is 11.8. The van der Waals surface area contributed by atoms with E-state index in [0.717, 1.165) is 11.8 Å². The van der Waals surface area contributed by atoms with Gasteiger partial charge in [0.2, 0.25) is 0 Å². The van der Waals surface area contributed by atoms with Crippen molar-refractivity contribution in [1.82, 2.24) is 5.32 Å². The number of hydrogen-bond acceptors (Lipinski definition) is 6. The molecule has 8 heteroatoms. The standard InChI is InChI=1S/C17H27NO6S/c1-13(18-16(19)24-17(2,3)4)14-8-6-9-15(12-14)22-10-7-11-23-25(5,20)21/h6,8-9,12-13H,7,10-11H2,1-5H3,(H,18,19)/t13-/m1/s1. The summed E-state index contributed by atoms with van der Waals surface area (Å²) in [7, 11) is -3.42. The molecule has 0 bridgehead atoms. The van der Waals surface area contributed by atoms with Crippen LogP contribution in [0.4, 0.5) is 4.79 Å². The average molecular weight is 373 g/mol. The van der Waals surface area contributed by atoms with Crippen LogP contribution in [0.15, 0.2) is 24.3 Å². The fourth-order valence-electron chi connectivity index (χ4n) is 1.90. The van der Waals surface area contributed by atoms with E-state index in [9.17, 15) is 13.2 Å².